The summed E-state index contributed by atoms with van der Waals surface area (Å²) in [5.74, 6) is -0.475. The van der Waals surface area contributed by atoms with E-state index in [2.05, 4.69) is 15.4 Å². The molecule has 0 aliphatic carbocycles. The van der Waals surface area contributed by atoms with Gasteiger partial charge in [0.2, 0.25) is 5.78 Å². The van der Waals surface area contributed by atoms with E-state index in [1.807, 2.05) is 0 Å². The number of hydrogen-bond acceptors (Lipinski definition) is 7. The van der Waals surface area contributed by atoms with E-state index in [4.69, 9.17) is 0 Å². The lowest BCUT2D eigenvalue weighted by atomic mass is 10.0. The lowest BCUT2D eigenvalue weighted by Crippen LogP contribution is -2.04. The van der Waals surface area contributed by atoms with E-state index in [9.17, 15) is 25.0 Å². The molecule has 2 aromatic carbocycles. The molecule has 0 atom stereocenters. The van der Waals surface area contributed by atoms with Crippen molar-refractivity contribution in [1.29, 1.82) is 0 Å². The van der Waals surface area contributed by atoms with E-state index in [-0.39, 0.29) is 28.3 Å². The SMILES string of the molecule is O=C(c1ccc([N+](=O)[O-])cc1)c1n[nH]nc1-c1ccc([N+](=O)[O-])cc1. The van der Waals surface area contributed by atoms with E-state index < -0.39 is 15.6 Å². The molecule has 0 saturated heterocycles. The first kappa shape index (κ1) is 15.9. The second-order valence-corrected chi connectivity index (χ2v) is 4.96. The number of nitro groups is 2. The van der Waals surface area contributed by atoms with Crippen molar-refractivity contribution >= 4 is 17.2 Å². The number of H-pyrrole nitrogens is 1. The Morgan fingerprint density at radius 2 is 1.36 bits per heavy atom. The van der Waals surface area contributed by atoms with Crippen molar-refractivity contribution in [2.75, 3.05) is 0 Å². The lowest BCUT2D eigenvalue weighted by Gasteiger charge is -2.01. The summed E-state index contributed by atoms with van der Waals surface area (Å²) in [6.45, 7) is 0. The fourth-order valence-corrected chi connectivity index (χ4v) is 2.20. The minimum atomic E-state index is -0.563. The van der Waals surface area contributed by atoms with Crippen LogP contribution in [0.5, 0.6) is 0 Å². The van der Waals surface area contributed by atoms with Gasteiger partial charge in [0, 0.05) is 35.4 Å². The summed E-state index contributed by atoms with van der Waals surface area (Å²) in [4.78, 5) is 32.8. The zero-order chi connectivity index (χ0) is 18.0. The Kier molecular flexibility index (Phi) is 4.00. The summed E-state index contributed by atoms with van der Waals surface area (Å²) >= 11 is 0. The van der Waals surface area contributed by atoms with Crippen molar-refractivity contribution in [1.82, 2.24) is 15.4 Å². The maximum atomic E-state index is 12.6. The Labute approximate surface area is 139 Å². The zero-order valence-corrected chi connectivity index (χ0v) is 12.4. The number of hydrogen-bond donors (Lipinski definition) is 1. The van der Waals surface area contributed by atoms with Crippen molar-refractivity contribution in [2.45, 2.75) is 0 Å². The average Bonchev–Trinajstić information content (AvgIpc) is 3.11. The number of aromatic nitrogens is 3. The fraction of sp³-hybridized carbons (Fsp3) is 0. The number of nitro benzene ring substituents is 2. The lowest BCUT2D eigenvalue weighted by molar-refractivity contribution is -0.385. The molecule has 0 amide bonds. The molecule has 0 spiro atoms. The van der Waals surface area contributed by atoms with Gasteiger partial charge in [0.1, 0.15) is 5.69 Å². The predicted molar refractivity (Wildman–Crippen MR) is 85.0 cm³/mol. The Morgan fingerprint density at radius 3 is 1.88 bits per heavy atom. The van der Waals surface area contributed by atoms with Gasteiger partial charge in [0.15, 0.2) is 5.69 Å². The predicted octanol–water partition coefficient (Wildman–Crippen LogP) is 2.52. The minimum Gasteiger partial charge on any atom is -0.287 e. The van der Waals surface area contributed by atoms with Crippen LogP contribution in [0, 0.1) is 20.2 Å². The largest absolute Gasteiger partial charge is 0.287 e. The number of benzene rings is 2. The summed E-state index contributed by atoms with van der Waals surface area (Å²) in [5, 5.41) is 31.5. The molecule has 0 radical (unpaired) electrons. The molecule has 1 N–H and O–H groups in total. The van der Waals surface area contributed by atoms with Crippen LogP contribution in [-0.2, 0) is 0 Å². The van der Waals surface area contributed by atoms with Gasteiger partial charge in [-0.05, 0) is 24.3 Å². The molecular weight excluding hydrogens is 330 g/mol. The molecule has 1 heterocycles. The molecule has 10 heteroatoms. The standard InChI is InChI=1S/C15H9N5O5/c21-15(10-3-7-12(8-4-10)20(24)25)14-13(16-18-17-14)9-1-5-11(6-2-9)19(22)23/h1-8H,(H,16,17,18). The maximum Gasteiger partial charge on any atom is 0.269 e. The Morgan fingerprint density at radius 1 is 0.840 bits per heavy atom. The molecule has 0 unspecified atom stereocenters. The van der Waals surface area contributed by atoms with E-state index in [0.717, 1.165) is 0 Å². The van der Waals surface area contributed by atoms with Crippen molar-refractivity contribution in [2.24, 2.45) is 0 Å². The van der Waals surface area contributed by atoms with Crippen molar-refractivity contribution in [3.8, 4) is 11.3 Å². The number of carbonyl (C=O) groups is 1. The summed E-state index contributed by atoms with van der Waals surface area (Å²) in [6, 6.07) is 10.6. The van der Waals surface area contributed by atoms with Gasteiger partial charge in [-0.3, -0.25) is 25.0 Å². The van der Waals surface area contributed by atoms with Gasteiger partial charge in [-0.15, -0.1) is 0 Å². The second kappa shape index (κ2) is 6.28. The molecule has 0 saturated carbocycles. The van der Waals surface area contributed by atoms with Crippen LogP contribution in [0.4, 0.5) is 11.4 Å². The number of ketones is 1. The normalized spacial score (nSPS) is 10.4. The highest BCUT2D eigenvalue weighted by molar-refractivity contribution is 6.10. The molecule has 3 aromatic rings. The van der Waals surface area contributed by atoms with E-state index in [1.54, 1.807) is 0 Å². The zero-order valence-electron chi connectivity index (χ0n) is 12.4. The molecule has 10 nitrogen and oxygen atoms in total. The number of aromatic amines is 1. The first-order valence-electron chi connectivity index (χ1n) is 6.92. The van der Waals surface area contributed by atoms with Gasteiger partial charge in [-0.2, -0.15) is 15.4 Å². The van der Waals surface area contributed by atoms with Gasteiger partial charge < -0.3 is 0 Å². The number of rotatable bonds is 5. The van der Waals surface area contributed by atoms with Gasteiger partial charge in [0.25, 0.3) is 11.4 Å². The van der Waals surface area contributed by atoms with Crippen LogP contribution in [0.2, 0.25) is 0 Å². The molecule has 3 rings (SSSR count). The Bertz CT molecular complexity index is 963. The highest BCUT2D eigenvalue weighted by Crippen LogP contribution is 2.24. The Balaban J connectivity index is 1.94. The maximum absolute atomic E-state index is 12.6. The van der Waals surface area contributed by atoms with E-state index in [0.29, 0.717) is 5.56 Å². The smallest absolute Gasteiger partial charge is 0.269 e. The highest BCUT2D eigenvalue weighted by Gasteiger charge is 2.20. The third kappa shape index (κ3) is 3.08. The molecular formula is C15H9N5O5. The van der Waals surface area contributed by atoms with Crippen molar-refractivity contribution in [3.63, 3.8) is 0 Å². The van der Waals surface area contributed by atoms with E-state index >= 15 is 0 Å². The van der Waals surface area contributed by atoms with Crippen LogP contribution in [0.15, 0.2) is 48.5 Å². The highest BCUT2D eigenvalue weighted by atomic mass is 16.6. The van der Waals surface area contributed by atoms with Crippen molar-refractivity contribution in [3.05, 3.63) is 80.0 Å². The number of nitrogens with zero attached hydrogens (tertiary/aromatic N) is 4. The molecule has 0 aliphatic heterocycles. The van der Waals surface area contributed by atoms with Crippen LogP contribution in [0.3, 0.4) is 0 Å². The van der Waals surface area contributed by atoms with Gasteiger partial charge in [0.05, 0.1) is 9.85 Å². The third-order valence-electron chi connectivity index (χ3n) is 3.45. The monoisotopic (exact) mass is 339 g/mol. The Hall–Kier alpha value is -3.95. The molecule has 1 aromatic heterocycles. The van der Waals surface area contributed by atoms with Gasteiger partial charge in [-0.25, -0.2) is 0 Å². The summed E-state index contributed by atoms with van der Waals surface area (Å²) in [6.07, 6.45) is 0. The quantitative estimate of drug-likeness (QED) is 0.427. The fourth-order valence-electron chi connectivity index (χ4n) is 2.20. The summed E-state index contributed by atoms with van der Waals surface area (Å²) < 4.78 is 0. The number of carbonyl (C=O) groups excluding carboxylic acids is 1. The second-order valence-electron chi connectivity index (χ2n) is 4.96. The average molecular weight is 339 g/mol. The van der Waals surface area contributed by atoms with Gasteiger partial charge in [-0.1, -0.05) is 0 Å². The van der Waals surface area contributed by atoms with Crippen LogP contribution >= 0.6 is 0 Å². The van der Waals surface area contributed by atoms with Crippen molar-refractivity contribution < 1.29 is 14.6 Å². The molecule has 0 bridgehead atoms. The molecule has 0 fully saturated rings. The first-order chi connectivity index (χ1) is 12.0. The number of nitrogens with one attached hydrogen (secondary N) is 1. The molecule has 124 valence electrons. The van der Waals surface area contributed by atoms with Gasteiger partial charge >= 0.3 is 0 Å². The molecule has 0 aliphatic rings. The summed E-state index contributed by atoms with van der Waals surface area (Å²) in [7, 11) is 0. The molecule has 25 heavy (non-hydrogen) atoms. The third-order valence-corrected chi connectivity index (χ3v) is 3.45. The summed E-state index contributed by atoms with van der Waals surface area (Å²) in [5.41, 5.74) is 0.719. The topological polar surface area (TPSA) is 145 Å². The van der Waals surface area contributed by atoms with Crippen LogP contribution in [0.1, 0.15) is 16.1 Å². The van der Waals surface area contributed by atoms with Crippen LogP contribution in [0.25, 0.3) is 11.3 Å². The van der Waals surface area contributed by atoms with Crippen LogP contribution in [-0.4, -0.2) is 31.0 Å². The minimum absolute atomic E-state index is 0.0164. The van der Waals surface area contributed by atoms with Crippen LogP contribution < -0.4 is 0 Å². The number of non-ortho nitro benzene ring substituents is 2. The van der Waals surface area contributed by atoms with E-state index in [1.165, 1.54) is 48.5 Å². The first-order valence-corrected chi connectivity index (χ1v) is 6.92.